The first kappa shape index (κ1) is 15.5. The minimum absolute atomic E-state index is 0.160. The quantitative estimate of drug-likeness (QED) is 0.894. The molecule has 0 spiro atoms. The Morgan fingerprint density at radius 1 is 1.35 bits per heavy atom. The zero-order chi connectivity index (χ0) is 14.5. The lowest BCUT2D eigenvalue weighted by atomic mass is 9.84. The van der Waals surface area contributed by atoms with Gasteiger partial charge >= 0.3 is 0 Å². The van der Waals surface area contributed by atoms with E-state index in [9.17, 15) is 4.39 Å². The third kappa shape index (κ3) is 3.80. The molecule has 2 atom stereocenters. The first-order chi connectivity index (χ1) is 9.61. The molecule has 2 N–H and O–H groups in total. The lowest BCUT2D eigenvalue weighted by Gasteiger charge is -2.41. The van der Waals surface area contributed by atoms with Crippen LogP contribution in [0, 0.1) is 11.7 Å². The van der Waals surface area contributed by atoms with Crippen LogP contribution >= 0.6 is 0 Å². The summed E-state index contributed by atoms with van der Waals surface area (Å²) in [4.78, 5) is 2.57. The van der Waals surface area contributed by atoms with Gasteiger partial charge in [-0.15, -0.1) is 0 Å². The van der Waals surface area contributed by atoms with Gasteiger partial charge in [-0.3, -0.25) is 4.90 Å². The zero-order valence-corrected chi connectivity index (χ0v) is 12.7. The third-order valence-electron chi connectivity index (χ3n) is 4.26. The average molecular weight is 278 g/mol. The second-order valence-electron chi connectivity index (χ2n) is 6.35. The highest BCUT2D eigenvalue weighted by Gasteiger charge is 2.30. The molecule has 1 aromatic rings. The van der Waals surface area contributed by atoms with Crippen LogP contribution in [0.2, 0.25) is 0 Å². The van der Waals surface area contributed by atoms with Gasteiger partial charge in [-0.05, 0) is 43.0 Å². The van der Waals surface area contributed by atoms with Gasteiger partial charge in [0.2, 0.25) is 0 Å². The molecule has 3 heteroatoms. The number of piperidine rings is 1. The summed E-state index contributed by atoms with van der Waals surface area (Å²) in [7, 11) is 0. The summed E-state index contributed by atoms with van der Waals surface area (Å²) in [5.41, 5.74) is 7.08. The molecular weight excluding hydrogens is 251 g/mol. The van der Waals surface area contributed by atoms with Gasteiger partial charge in [0.25, 0.3) is 0 Å². The molecule has 1 aliphatic heterocycles. The van der Waals surface area contributed by atoms with E-state index in [4.69, 9.17) is 5.73 Å². The molecule has 0 saturated carbocycles. The minimum atomic E-state index is -0.160. The summed E-state index contributed by atoms with van der Waals surface area (Å²) in [6.45, 7) is 7.35. The predicted octanol–water partition coefficient (Wildman–Crippen LogP) is 3.38. The van der Waals surface area contributed by atoms with Crippen LogP contribution in [-0.4, -0.2) is 30.6 Å². The Morgan fingerprint density at radius 2 is 2.15 bits per heavy atom. The monoisotopic (exact) mass is 278 g/mol. The van der Waals surface area contributed by atoms with Gasteiger partial charge in [0.1, 0.15) is 5.82 Å². The average Bonchev–Trinajstić information content (AvgIpc) is 2.41. The summed E-state index contributed by atoms with van der Waals surface area (Å²) in [5, 5.41) is 0. The van der Waals surface area contributed by atoms with Crippen molar-refractivity contribution in [2.24, 2.45) is 11.7 Å². The molecule has 0 bridgehead atoms. The molecule has 0 radical (unpaired) electrons. The summed E-state index contributed by atoms with van der Waals surface area (Å²) in [6.07, 6.45) is 3.69. The number of benzene rings is 1. The van der Waals surface area contributed by atoms with Gasteiger partial charge in [0.05, 0.1) is 0 Å². The van der Waals surface area contributed by atoms with Gasteiger partial charge in [0.15, 0.2) is 0 Å². The molecular formula is C17H27FN2. The van der Waals surface area contributed by atoms with Crippen LogP contribution in [0.25, 0.3) is 0 Å². The maximum Gasteiger partial charge on any atom is 0.123 e. The van der Waals surface area contributed by atoms with E-state index in [-0.39, 0.29) is 11.7 Å². The lowest BCUT2D eigenvalue weighted by Crippen LogP contribution is -2.46. The maximum atomic E-state index is 13.5. The van der Waals surface area contributed by atoms with E-state index in [0.29, 0.717) is 18.5 Å². The normalized spacial score (nSPS) is 22.1. The van der Waals surface area contributed by atoms with Crippen molar-refractivity contribution in [3.63, 3.8) is 0 Å². The maximum absolute atomic E-state index is 13.5. The first-order valence-corrected chi connectivity index (χ1v) is 7.81. The van der Waals surface area contributed by atoms with Crippen molar-refractivity contribution in [3.05, 3.63) is 35.6 Å². The van der Waals surface area contributed by atoms with E-state index in [1.807, 2.05) is 6.07 Å². The molecule has 20 heavy (non-hydrogen) atoms. The molecule has 1 fully saturated rings. The summed E-state index contributed by atoms with van der Waals surface area (Å²) >= 11 is 0. The molecule has 2 rings (SSSR count). The molecule has 112 valence electrons. The fraction of sp³-hybridized carbons (Fsp3) is 0.647. The highest BCUT2D eigenvalue weighted by molar-refractivity contribution is 5.23. The van der Waals surface area contributed by atoms with Crippen molar-refractivity contribution in [1.82, 2.24) is 4.90 Å². The van der Waals surface area contributed by atoms with Crippen molar-refractivity contribution in [2.75, 3.05) is 19.6 Å². The van der Waals surface area contributed by atoms with Crippen LogP contribution in [0.4, 0.5) is 4.39 Å². The summed E-state index contributed by atoms with van der Waals surface area (Å²) in [5.74, 6) is 0.735. The van der Waals surface area contributed by atoms with Crippen LogP contribution in [0.15, 0.2) is 24.3 Å². The van der Waals surface area contributed by atoms with Gasteiger partial charge in [-0.25, -0.2) is 4.39 Å². The van der Waals surface area contributed by atoms with E-state index < -0.39 is 0 Å². The number of hydrogen-bond acceptors (Lipinski definition) is 2. The van der Waals surface area contributed by atoms with Crippen LogP contribution in [-0.2, 0) is 0 Å². The fourth-order valence-electron chi connectivity index (χ4n) is 3.42. The fourth-order valence-corrected chi connectivity index (χ4v) is 3.42. The van der Waals surface area contributed by atoms with E-state index >= 15 is 0 Å². The van der Waals surface area contributed by atoms with Crippen LogP contribution in [0.1, 0.15) is 44.6 Å². The zero-order valence-electron chi connectivity index (χ0n) is 12.7. The van der Waals surface area contributed by atoms with E-state index in [2.05, 4.69) is 18.7 Å². The highest BCUT2D eigenvalue weighted by atomic mass is 19.1. The Balaban J connectivity index is 2.19. The van der Waals surface area contributed by atoms with Crippen molar-refractivity contribution in [2.45, 2.75) is 45.1 Å². The topological polar surface area (TPSA) is 29.3 Å². The number of hydrogen-bond donors (Lipinski definition) is 1. The van der Waals surface area contributed by atoms with Crippen molar-refractivity contribution >= 4 is 0 Å². The minimum Gasteiger partial charge on any atom is -0.330 e. The van der Waals surface area contributed by atoms with Gasteiger partial charge < -0.3 is 5.73 Å². The number of rotatable bonds is 5. The number of halogens is 1. The van der Waals surface area contributed by atoms with E-state index in [1.54, 1.807) is 12.1 Å². The Labute approximate surface area is 122 Å². The second-order valence-corrected chi connectivity index (χ2v) is 6.35. The third-order valence-corrected chi connectivity index (χ3v) is 4.26. The van der Waals surface area contributed by atoms with Crippen LogP contribution < -0.4 is 5.73 Å². The molecule has 0 aliphatic carbocycles. The van der Waals surface area contributed by atoms with Gasteiger partial charge in [-0.2, -0.15) is 0 Å². The number of nitrogens with two attached hydrogens (primary N) is 1. The Kier molecular flexibility index (Phi) is 5.55. The van der Waals surface area contributed by atoms with Crippen LogP contribution in [0.5, 0.6) is 0 Å². The summed E-state index contributed by atoms with van der Waals surface area (Å²) in [6, 6.07) is 7.42. The van der Waals surface area contributed by atoms with Crippen molar-refractivity contribution in [1.29, 1.82) is 0 Å². The molecule has 1 heterocycles. The molecule has 2 nitrogen and oxygen atoms in total. The number of likely N-dealkylation sites (tertiary alicyclic amines) is 1. The second kappa shape index (κ2) is 7.19. The van der Waals surface area contributed by atoms with Crippen molar-refractivity contribution < 1.29 is 4.39 Å². The SMILES string of the molecule is CC(C)CN1CCCCC1C(CN)c1cccc(F)c1. The lowest BCUT2D eigenvalue weighted by molar-refractivity contribution is 0.112. The number of nitrogens with zero attached hydrogens (tertiary/aromatic N) is 1. The van der Waals surface area contributed by atoms with Gasteiger partial charge in [0, 0.05) is 25.0 Å². The predicted molar refractivity (Wildman–Crippen MR) is 82.2 cm³/mol. The van der Waals surface area contributed by atoms with E-state index in [1.165, 1.54) is 25.3 Å². The van der Waals surface area contributed by atoms with Crippen LogP contribution in [0.3, 0.4) is 0 Å². The first-order valence-electron chi connectivity index (χ1n) is 7.81. The molecule has 1 saturated heterocycles. The molecule has 1 aromatic carbocycles. The smallest absolute Gasteiger partial charge is 0.123 e. The Bertz CT molecular complexity index is 419. The van der Waals surface area contributed by atoms with E-state index in [0.717, 1.165) is 18.7 Å². The van der Waals surface area contributed by atoms with Crippen molar-refractivity contribution in [3.8, 4) is 0 Å². The molecule has 2 unspecified atom stereocenters. The largest absolute Gasteiger partial charge is 0.330 e. The molecule has 0 amide bonds. The Hall–Kier alpha value is -0.930. The summed E-state index contributed by atoms with van der Waals surface area (Å²) < 4.78 is 13.5. The molecule has 1 aliphatic rings. The van der Waals surface area contributed by atoms with Gasteiger partial charge in [-0.1, -0.05) is 32.4 Å². The Morgan fingerprint density at radius 3 is 2.80 bits per heavy atom. The highest BCUT2D eigenvalue weighted by Crippen LogP contribution is 2.30. The molecule has 0 aromatic heterocycles. The standard InChI is InChI=1S/C17H27FN2/c1-13(2)12-20-9-4-3-8-17(20)16(11-19)14-6-5-7-15(18)10-14/h5-7,10,13,16-17H,3-4,8-9,11-12,19H2,1-2H3.